The zero-order chi connectivity index (χ0) is 17.3. The van der Waals surface area contributed by atoms with Gasteiger partial charge in [-0.15, -0.1) is 0 Å². The van der Waals surface area contributed by atoms with Crippen molar-refractivity contribution in [3.8, 4) is 5.75 Å². The summed E-state index contributed by atoms with van der Waals surface area (Å²) in [6.45, 7) is 0.804. The van der Waals surface area contributed by atoms with E-state index in [2.05, 4.69) is 0 Å². The number of ether oxygens (including phenoxy) is 2. The van der Waals surface area contributed by atoms with E-state index in [1.54, 1.807) is 0 Å². The van der Waals surface area contributed by atoms with Gasteiger partial charge in [0.2, 0.25) is 0 Å². The average Bonchev–Trinajstić information content (AvgIpc) is 2.59. The molecule has 1 aromatic rings. The standard InChI is InChI=1S/C22H30O3/c1-24-21(23)12-16-3-5-20(6-4-16)25-8-2-7-22-13-17-9-18(14-22)11-19(10-17)15-22/h3-6,17-19H,2,7-15H2,1H3. The number of hydrogen-bond acceptors (Lipinski definition) is 3. The van der Waals surface area contributed by atoms with Crippen LogP contribution in [0.2, 0.25) is 0 Å². The molecule has 136 valence electrons. The lowest BCUT2D eigenvalue weighted by molar-refractivity contribution is -0.139. The van der Waals surface area contributed by atoms with Crippen LogP contribution in [0, 0.1) is 23.2 Å². The zero-order valence-electron chi connectivity index (χ0n) is 15.3. The van der Waals surface area contributed by atoms with Crippen molar-refractivity contribution < 1.29 is 14.3 Å². The second kappa shape index (κ2) is 7.01. The molecule has 1 aromatic carbocycles. The third-order valence-electron chi connectivity index (χ3n) is 6.78. The molecule has 0 saturated heterocycles. The van der Waals surface area contributed by atoms with Crippen molar-refractivity contribution >= 4 is 5.97 Å². The van der Waals surface area contributed by atoms with Gasteiger partial charge in [-0.3, -0.25) is 4.79 Å². The summed E-state index contributed by atoms with van der Waals surface area (Å²) in [6, 6.07) is 7.82. The highest BCUT2D eigenvalue weighted by atomic mass is 16.5. The van der Waals surface area contributed by atoms with E-state index in [0.717, 1.165) is 42.1 Å². The SMILES string of the molecule is COC(=O)Cc1ccc(OCCCC23CC4CC(CC(C4)C2)C3)cc1. The molecule has 0 amide bonds. The maximum absolute atomic E-state index is 11.3. The van der Waals surface area contributed by atoms with Crippen LogP contribution in [0.1, 0.15) is 56.9 Å². The molecule has 3 heteroatoms. The largest absolute Gasteiger partial charge is 0.494 e. The van der Waals surface area contributed by atoms with Gasteiger partial charge in [-0.05, 0) is 92.2 Å². The van der Waals surface area contributed by atoms with Crippen molar-refractivity contribution in [3.63, 3.8) is 0 Å². The fourth-order valence-corrected chi connectivity index (χ4v) is 6.18. The van der Waals surface area contributed by atoms with E-state index in [9.17, 15) is 4.79 Å². The van der Waals surface area contributed by atoms with Crippen LogP contribution >= 0.6 is 0 Å². The first-order chi connectivity index (χ1) is 12.1. The number of carbonyl (C=O) groups is 1. The van der Waals surface area contributed by atoms with Gasteiger partial charge >= 0.3 is 5.97 Å². The Hall–Kier alpha value is -1.51. The number of carbonyl (C=O) groups excluding carboxylic acids is 1. The highest BCUT2D eigenvalue weighted by Gasteiger charge is 2.50. The molecule has 0 heterocycles. The first-order valence-corrected chi connectivity index (χ1v) is 9.93. The molecule has 0 spiro atoms. The van der Waals surface area contributed by atoms with Crippen LogP contribution in [-0.4, -0.2) is 19.7 Å². The highest BCUT2D eigenvalue weighted by Crippen LogP contribution is 2.61. The molecule has 0 unspecified atom stereocenters. The Bertz CT molecular complexity index is 569. The first kappa shape index (κ1) is 16.9. The molecule has 5 rings (SSSR count). The van der Waals surface area contributed by atoms with Crippen LogP contribution in [0.15, 0.2) is 24.3 Å². The summed E-state index contributed by atoms with van der Waals surface area (Å²) in [5.74, 6) is 3.81. The quantitative estimate of drug-likeness (QED) is 0.528. The molecule has 4 aliphatic carbocycles. The molecule has 25 heavy (non-hydrogen) atoms. The normalized spacial score (nSPS) is 32.6. The van der Waals surface area contributed by atoms with E-state index in [1.165, 1.54) is 52.1 Å². The molecular weight excluding hydrogens is 312 g/mol. The van der Waals surface area contributed by atoms with Gasteiger partial charge in [0.05, 0.1) is 20.1 Å². The molecular formula is C22H30O3. The lowest BCUT2D eigenvalue weighted by atomic mass is 9.48. The summed E-state index contributed by atoms with van der Waals surface area (Å²) in [7, 11) is 1.42. The summed E-state index contributed by atoms with van der Waals surface area (Å²) in [4.78, 5) is 11.3. The Labute approximate surface area is 151 Å². The summed E-state index contributed by atoms with van der Waals surface area (Å²) in [6.07, 6.45) is 11.9. The van der Waals surface area contributed by atoms with E-state index < -0.39 is 0 Å². The number of benzene rings is 1. The molecule has 0 aromatic heterocycles. The van der Waals surface area contributed by atoms with Crippen molar-refractivity contribution in [2.75, 3.05) is 13.7 Å². The van der Waals surface area contributed by atoms with Crippen LogP contribution in [0.4, 0.5) is 0 Å². The van der Waals surface area contributed by atoms with Crippen LogP contribution in [0.3, 0.4) is 0 Å². The predicted molar refractivity (Wildman–Crippen MR) is 97.5 cm³/mol. The summed E-state index contributed by atoms with van der Waals surface area (Å²) >= 11 is 0. The molecule has 4 fully saturated rings. The van der Waals surface area contributed by atoms with Crippen molar-refractivity contribution in [1.82, 2.24) is 0 Å². The monoisotopic (exact) mass is 342 g/mol. The third kappa shape index (κ3) is 3.86. The Morgan fingerprint density at radius 3 is 2.20 bits per heavy atom. The number of rotatable bonds is 7. The van der Waals surface area contributed by atoms with Gasteiger partial charge in [-0.2, -0.15) is 0 Å². The number of hydrogen-bond donors (Lipinski definition) is 0. The molecule has 0 atom stereocenters. The minimum atomic E-state index is -0.204. The van der Waals surface area contributed by atoms with E-state index in [-0.39, 0.29) is 5.97 Å². The minimum Gasteiger partial charge on any atom is -0.494 e. The van der Waals surface area contributed by atoms with Crippen molar-refractivity contribution in [3.05, 3.63) is 29.8 Å². The average molecular weight is 342 g/mol. The molecule has 4 aliphatic rings. The van der Waals surface area contributed by atoms with Gasteiger partial charge in [0, 0.05) is 0 Å². The molecule has 3 nitrogen and oxygen atoms in total. The first-order valence-electron chi connectivity index (χ1n) is 9.93. The minimum absolute atomic E-state index is 0.204. The van der Waals surface area contributed by atoms with Crippen LogP contribution in [0.5, 0.6) is 5.75 Å². The molecule has 4 saturated carbocycles. The zero-order valence-corrected chi connectivity index (χ0v) is 15.3. The topological polar surface area (TPSA) is 35.5 Å². The van der Waals surface area contributed by atoms with Gasteiger partial charge in [-0.25, -0.2) is 0 Å². The molecule has 0 N–H and O–H groups in total. The lowest BCUT2D eigenvalue weighted by Crippen LogP contribution is -2.46. The van der Waals surface area contributed by atoms with Crippen molar-refractivity contribution in [1.29, 1.82) is 0 Å². The molecule has 0 radical (unpaired) electrons. The second-order valence-corrected chi connectivity index (χ2v) is 8.77. The Morgan fingerprint density at radius 1 is 1.04 bits per heavy atom. The maximum atomic E-state index is 11.3. The van der Waals surface area contributed by atoms with Crippen molar-refractivity contribution in [2.24, 2.45) is 23.2 Å². The second-order valence-electron chi connectivity index (χ2n) is 8.77. The molecule has 0 aliphatic heterocycles. The van der Waals surface area contributed by atoms with Crippen LogP contribution in [-0.2, 0) is 16.0 Å². The highest BCUT2D eigenvalue weighted by molar-refractivity contribution is 5.72. The summed E-state index contributed by atoms with van der Waals surface area (Å²) < 4.78 is 10.6. The van der Waals surface area contributed by atoms with Crippen molar-refractivity contribution in [2.45, 2.75) is 57.8 Å². The van der Waals surface area contributed by atoms with E-state index in [0.29, 0.717) is 11.8 Å². The van der Waals surface area contributed by atoms with Gasteiger partial charge in [0.1, 0.15) is 5.75 Å². The van der Waals surface area contributed by atoms with Crippen LogP contribution in [0.25, 0.3) is 0 Å². The number of esters is 1. The lowest BCUT2D eigenvalue weighted by Gasteiger charge is -2.57. The van der Waals surface area contributed by atoms with Gasteiger partial charge in [0.15, 0.2) is 0 Å². The summed E-state index contributed by atoms with van der Waals surface area (Å²) in [5.41, 5.74) is 1.62. The Kier molecular flexibility index (Phi) is 4.75. The smallest absolute Gasteiger partial charge is 0.309 e. The molecule has 4 bridgehead atoms. The van der Waals surface area contributed by atoms with Crippen LogP contribution < -0.4 is 4.74 Å². The fraction of sp³-hybridized carbons (Fsp3) is 0.682. The Morgan fingerprint density at radius 2 is 1.64 bits per heavy atom. The van der Waals surface area contributed by atoms with Gasteiger partial charge in [-0.1, -0.05) is 12.1 Å². The van der Waals surface area contributed by atoms with Gasteiger partial charge < -0.3 is 9.47 Å². The maximum Gasteiger partial charge on any atom is 0.309 e. The van der Waals surface area contributed by atoms with E-state index in [4.69, 9.17) is 9.47 Å². The third-order valence-corrected chi connectivity index (χ3v) is 6.78. The Balaban J connectivity index is 1.23. The summed E-state index contributed by atoms with van der Waals surface area (Å²) in [5, 5.41) is 0. The predicted octanol–water partition coefficient (Wildman–Crippen LogP) is 4.78. The van der Waals surface area contributed by atoms with E-state index >= 15 is 0 Å². The fourth-order valence-electron chi connectivity index (χ4n) is 6.18. The van der Waals surface area contributed by atoms with Gasteiger partial charge in [0.25, 0.3) is 0 Å². The number of methoxy groups -OCH3 is 1. The van der Waals surface area contributed by atoms with E-state index in [1.807, 2.05) is 24.3 Å².